The van der Waals surface area contributed by atoms with Crippen molar-refractivity contribution in [3.8, 4) is 0 Å². The van der Waals surface area contributed by atoms with E-state index in [9.17, 15) is 22.8 Å². The Bertz CT molecular complexity index is 841. The number of hydrazine groups is 1. The lowest BCUT2D eigenvalue weighted by atomic mass is 10.0. The van der Waals surface area contributed by atoms with E-state index in [2.05, 4.69) is 20.1 Å². The summed E-state index contributed by atoms with van der Waals surface area (Å²) in [5, 5.41) is 0.544. The van der Waals surface area contributed by atoms with Crippen LogP contribution in [0.3, 0.4) is 0 Å². The summed E-state index contributed by atoms with van der Waals surface area (Å²) in [6.07, 6.45) is 5.09. The van der Waals surface area contributed by atoms with Crippen LogP contribution in [0.4, 0.5) is 4.79 Å². The molecule has 4 amide bonds. The average molecular weight is 402 g/mol. The topological polar surface area (TPSA) is 163 Å². The number of nitrogens with one attached hydrogen (secondary N) is 2. The van der Waals surface area contributed by atoms with Crippen molar-refractivity contribution in [1.29, 1.82) is 0 Å². The number of hydroxylamine groups is 2. The first-order valence-corrected chi connectivity index (χ1v) is 9.38. The van der Waals surface area contributed by atoms with Gasteiger partial charge in [-0.2, -0.15) is 13.5 Å². The maximum Gasteiger partial charge on any atom is 0.418 e. The van der Waals surface area contributed by atoms with E-state index in [1.165, 1.54) is 12.5 Å². The fourth-order valence-electron chi connectivity index (χ4n) is 3.05. The van der Waals surface area contributed by atoms with Crippen LogP contribution >= 0.6 is 0 Å². The van der Waals surface area contributed by atoms with E-state index in [0.29, 0.717) is 5.06 Å². The lowest BCUT2D eigenvalue weighted by Crippen LogP contribution is -2.54. The van der Waals surface area contributed by atoms with Crippen molar-refractivity contribution in [3.63, 3.8) is 0 Å². The van der Waals surface area contributed by atoms with E-state index < -0.39 is 46.4 Å². The number of imidazole rings is 1. The number of urea groups is 1. The number of fused-ring (bicyclic) bond motifs is 2. The molecule has 0 radical (unpaired) electrons. The third kappa shape index (κ3) is 4.01. The zero-order chi connectivity index (χ0) is 19.8. The Morgan fingerprint density at radius 3 is 2.74 bits per heavy atom. The molecule has 148 valence electrons. The van der Waals surface area contributed by atoms with Gasteiger partial charge in [0.1, 0.15) is 12.1 Å². The van der Waals surface area contributed by atoms with Gasteiger partial charge in [0.25, 0.3) is 11.8 Å². The number of carbonyl (C=O) groups is 3. The molecule has 0 spiro atoms. The number of amides is 4. The molecule has 13 nitrogen and oxygen atoms in total. The van der Waals surface area contributed by atoms with Crippen LogP contribution in [0.15, 0.2) is 18.7 Å². The van der Waals surface area contributed by atoms with Crippen molar-refractivity contribution < 1.29 is 31.6 Å². The number of carbonyl (C=O) groups excluding carboxylic acids is 3. The molecular weight excluding hydrogens is 384 g/mol. The first kappa shape index (κ1) is 19.1. The Balaban J connectivity index is 1.58. The van der Waals surface area contributed by atoms with Gasteiger partial charge in [-0.3, -0.25) is 25.0 Å². The largest absolute Gasteiger partial charge is 0.418 e. The number of rotatable bonds is 5. The summed E-state index contributed by atoms with van der Waals surface area (Å²) in [5.74, 6) is -1.11. The summed E-state index contributed by atoms with van der Waals surface area (Å²) >= 11 is 0. The van der Waals surface area contributed by atoms with E-state index in [4.69, 9.17) is 4.55 Å². The van der Waals surface area contributed by atoms with Gasteiger partial charge < -0.3 is 9.47 Å². The van der Waals surface area contributed by atoms with Gasteiger partial charge in [0.2, 0.25) is 0 Å². The van der Waals surface area contributed by atoms with Gasteiger partial charge in [0.15, 0.2) is 0 Å². The zero-order valence-electron chi connectivity index (χ0n) is 14.2. The number of nitrogens with zero attached hydrogens (tertiary/aromatic N) is 4. The molecular formula is C13H18N6O7S. The van der Waals surface area contributed by atoms with E-state index in [1.807, 2.05) is 0 Å². The molecule has 3 N–H and O–H groups in total. The predicted octanol–water partition coefficient (Wildman–Crippen LogP) is -1.41. The monoisotopic (exact) mass is 402 g/mol. The van der Waals surface area contributed by atoms with Crippen molar-refractivity contribution in [2.45, 2.75) is 37.9 Å². The molecule has 2 saturated heterocycles. The molecule has 1 aromatic heterocycles. The maximum atomic E-state index is 12.4. The summed E-state index contributed by atoms with van der Waals surface area (Å²) < 4.78 is 36.3. The van der Waals surface area contributed by atoms with Gasteiger partial charge >= 0.3 is 16.4 Å². The van der Waals surface area contributed by atoms with E-state index >= 15 is 0 Å². The highest BCUT2D eigenvalue weighted by atomic mass is 32.3. The normalized spacial score (nSPS) is 23.3. The molecule has 2 bridgehead atoms. The van der Waals surface area contributed by atoms with Crippen molar-refractivity contribution >= 4 is 28.2 Å². The standard InChI is InChI=1S/C13H18N6O7S/c1-8(17-5-4-14-7-17)11(20)15-16-12(21)10-3-2-9-6-18(10)13(22)19(9)26-27(23,24)25/h4-5,7-10H,2-3,6H2,1H3,(H,15,20)(H,16,21)(H,23,24,25)/t8-,9+,10-/m0/s1. The lowest BCUT2D eigenvalue weighted by Gasteiger charge is -2.29. The fourth-order valence-corrected chi connectivity index (χ4v) is 3.44. The van der Waals surface area contributed by atoms with E-state index in [-0.39, 0.29) is 19.4 Å². The van der Waals surface area contributed by atoms with Crippen LogP contribution in [-0.4, -0.2) is 69.0 Å². The van der Waals surface area contributed by atoms with Gasteiger partial charge in [-0.25, -0.2) is 9.78 Å². The minimum atomic E-state index is -4.86. The Kier molecular flexibility index (Phi) is 5.03. The second kappa shape index (κ2) is 7.13. The molecule has 3 atom stereocenters. The molecule has 2 fully saturated rings. The Hall–Kier alpha value is -2.71. The summed E-state index contributed by atoms with van der Waals surface area (Å²) in [7, 11) is -4.86. The van der Waals surface area contributed by atoms with E-state index in [0.717, 1.165) is 4.90 Å². The van der Waals surface area contributed by atoms with Crippen LogP contribution < -0.4 is 10.9 Å². The molecule has 2 aliphatic heterocycles. The number of aromatic nitrogens is 2. The van der Waals surface area contributed by atoms with Crippen LogP contribution in [0.2, 0.25) is 0 Å². The predicted molar refractivity (Wildman–Crippen MR) is 86.6 cm³/mol. The first-order valence-electron chi connectivity index (χ1n) is 8.01. The SMILES string of the molecule is C[C@@H](C(=O)NNC(=O)[C@@H]1CC[C@@H]2CN1C(=O)N2OS(=O)(=O)O)n1ccnc1. The third-order valence-electron chi connectivity index (χ3n) is 4.46. The van der Waals surface area contributed by atoms with Gasteiger partial charge in [-0.15, -0.1) is 4.28 Å². The average Bonchev–Trinajstić information content (AvgIpc) is 3.22. The van der Waals surface area contributed by atoms with Gasteiger partial charge in [-0.1, -0.05) is 0 Å². The molecule has 1 aromatic rings. The molecule has 0 aliphatic carbocycles. The summed E-state index contributed by atoms with van der Waals surface area (Å²) in [6.45, 7) is 1.68. The number of piperidine rings is 1. The van der Waals surface area contributed by atoms with Crippen molar-refractivity contribution in [1.82, 2.24) is 30.4 Å². The second-order valence-corrected chi connectivity index (χ2v) is 7.18. The minimum Gasteiger partial charge on any atom is -0.325 e. The molecule has 0 saturated carbocycles. The molecule has 0 aromatic carbocycles. The Labute approximate surface area is 154 Å². The molecule has 27 heavy (non-hydrogen) atoms. The smallest absolute Gasteiger partial charge is 0.325 e. The molecule has 2 aliphatic rings. The second-order valence-electron chi connectivity index (χ2n) is 6.17. The molecule has 14 heteroatoms. The van der Waals surface area contributed by atoms with E-state index in [1.54, 1.807) is 17.7 Å². The Morgan fingerprint density at radius 1 is 1.37 bits per heavy atom. The Morgan fingerprint density at radius 2 is 2.11 bits per heavy atom. The maximum absolute atomic E-state index is 12.4. The molecule has 3 heterocycles. The van der Waals surface area contributed by atoms with Crippen LogP contribution in [0, 0.1) is 0 Å². The highest BCUT2D eigenvalue weighted by Gasteiger charge is 2.49. The summed E-state index contributed by atoms with van der Waals surface area (Å²) in [5.41, 5.74) is 4.55. The fraction of sp³-hybridized carbons (Fsp3) is 0.538. The number of hydrogen-bond acceptors (Lipinski definition) is 7. The van der Waals surface area contributed by atoms with Gasteiger partial charge in [0.05, 0.1) is 12.4 Å². The van der Waals surface area contributed by atoms with Crippen LogP contribution in [0.1, 0.15) is 25.8 Å². The van der Waals surface area contributed by atoms with Crippen molar-refractivity contribution in [2.75, 3.05) is 6.54 Å². The summed E-state index contributed by atoms with van der Waals surface area (Å²) in [6, 6.07) is -2.98. The third-order valence-corrected chi connectivity index (χ3v) is 4.81. The highest BCUT2D eigenvalue weighted by molar-refractivity contribution is 7.80. The molecule has 3 rings (SSSR count). The number of hydrogen-bond donors (Lipinski definition) is 3. The first-order chi connectivity index (χ1) is 12.7. The quantitative estimate of drug-likeness (QED) is 0.400. The van der Waals surface area contributed by atoms with Gasteiger partial charge in [-0.05, 0) is 19.8 Å². The molecule has 0 unspecified atom stereocenters. The minimum absolute atomic E-state index is 0.0613. The van der Waals surface area contributed by atoms with Crippen LogP contribution in [-0.2, 0) is 24.3 Å². The van der Waals surface area contributed by atoms with Gasteiger partial charge in [0, 0.05) is 18.9 Å². The lowest BCUT2D eigenvalue weighted by molar-refractivity contribution is -0.133. The highest BCUT2D eigenvalue weighted by Crippen LogP contribution is 2.30. The summed E-state index contributed by atoms with van der Waals surface area (Å²) in [4.78, 5) is 41.7. The zero-order valence-corrected chi connectivity index (χ0v) is 15.0. The van der Waals surface area contributed by atoms with Crippen molar-refractivity contribution in [2.24, 2.45) is 0 Å². The van der Waals surface area contributed by atoms with Crippen molar-refractivity contribution in [3.05, 3.63) is 18.7 Å². The van der Waals surface area contributed by atoms with Crippen LogP contribution in [0.25, 0.3) is 0 Å². The van der Waals surface area contributed by atoms with Crippen LogP contribution in [0.5, 0.6) is 0 Å².